The second-order valence-electron chi connectivity index (χ2n) is 8.87. The zero-order valence-electron chi connectivity index (χ0n) is 20.0. The second kappa shape index (κ2) is 11.0. The zero-order chi connectivity index (χ0) is 23.3. The van der Waals surface area contributed by atoms with Crippen LogP contribution < -0.4 is 4.74 Å². The van der Waals surface area contributed by atoms with Crippen LogP contribution in [0, 0.1) is 19.8 Å². The Morgan fingerprint density at radius 2 is 2.03 bits per heavy atom. The van der Waals surface area contributed by atoms with E-state index in [-0.39, 0.29) is 24.4 Å². The molecule has 32 heavy (non-hydrogen) atoms. The topological polar surface area (TPSA) is 49.9 Å². The minimum absolute atomic E-state index is 0.00109. The fourth-order valence-corrected chi connectivity index (χ4v) is 5.17. The molecule has 1 aromatic heterocycles. The first-order chi connectivity index (χ1) is 15.3. The van der Waals surface area contributed by atoms with Crippen molar-refractivity contribution in [2.45, 2.75) is 59.9 Å². The average molecular weight is 457 g/mol. The molecule has 5 nitrogen and oxygen atoms in total. The molecule has 2 aromatic rings. The van der Waals surface area contributed by atoms with Gasteiger partial charge in [0.15, 0.2) is 0 Å². The number of amides is 2. The van der Waals surface area contributed by atoms with Crippen LogP contribution in [0.1, 0.15) is 61.2 Å². The number of carbonyl (C=O) groups excluding carboxylic acids is 2. The van der Waals surface area contributed by atoms with E-state index in [0.717, 1.165) is 24.2 Å². The molecule has 1 aliphatic heterocycles. The van der Waals surface area contributed by atoms with Crippen molar-refractivity contribution < 1.29 is 14.3 Å². The highest BCUT2D eigenvalue weighted by Crippen LogP contribution is 2.34. The summed E-state index contributed by atoms with van der Waals surface area (Å²) >= 11 is 1.75. The van der Waals surface area contributed by atoms with E-state index in [0.29, 0.717) is 32.0 Å². The SMILES string of the molecule is CCC(=O)N(CC(=O)N1CCc2sccc2[C@@H]1COc1ccc(C)cc1C)C[C@H](C)CC. The number of benzene rings is 1. The van der Waals surface area contributed by atoms with Crippen LogP contribution >= 0.6 is 11.3 Å². The van der Waals surface area contributed by atoms with Crippen LogP contribution in [-0.4, -0.2) is 47.9 Å². The van der Waals surface area contributed by atoms with E-state index in [9.17, 15) is 9.59 Å². The van der Waals surface area contributed by atoms with Crippen LogP contribution in [-0.2, 0) is 16.0 Å². The van der Waals surface area contributed by atoms with Crippen molar-refractivity contribution in [2.24, 2.45) is 5.92 Å². The first-order valence-corrected chi connectivity index (χ1v) is 12.6. The molecule has 0 saturated heterocycles. The van der Waals surface area contributed by atoms with Crippen molar-refractivity contribution in [3.05, 3.63) is 51.2 Å². The van der Waals surface area contributed by atoms with Gasteiger partial charge in [-0.05, 0) is 54.8 Å². The van der Waals surface area contributed by atoms with Crippen LogP contribution in [0.15, 0.2) is 29.6 Å². The number of aryl methyl sites for hydroxylation is 2. The Balaban J connectivity index is 1.78. The summed E-state index contributed by atoms with van der Waals surface area (Å²) in [7, 11) is 0. The molecule has 2 amide bonds. The molecule has 1 aliphatic rings. The summed E-state index contributed by atoms with van der Waals surface area (Å²) < 4.78 is 6.22. The quantitative estimate of drug-likeness (QED) is 0.524. The minimum Gasteiger partial charge on any atom is -0.491 e. The molecule has 0 spiro atoms. The number of thiophene rings is 1. The van der Waals surface area contributed by atoms with Gasteiger partial charge >= 0.3 is 0 Å². The van der Waals surface area contributed by atoms with Gasteiger partial charge in [0.25, 0.3) is 0 Å². The molecule has 0 aliphatic carbocycles. The summed E-state index contributed by atoms with van der Waals surface area (Å²) in [4.78, 5) is 31.0. The number of ether oxygens (including phenoxy) is 1. The van der Waals surface area contributed by atoms with E-state index in [2.05, 4.69) is 38.3 Å². The van der Waals surface area contributed by atoms with Gasteiger partial charge in [-0.25, -0.2) is 0 Å². The standard InChI is InChI=1S/C26H36N2O3S/c1-6-18(3)15-27(25(29)7-2)16-26(30)28-12-10-24-21(11-13-32-24)22(28)17-31-23-9-8-19(4)14-20(23)5/h8-9,11,13-14,18,22H,6-7,10,12,15-17H2,1-5H3/t18-,22+/m1/s1. The minimum atomic E-state index is -0.139. The molecule has 174 valence electrons. The summed E-state index contributed by atoms with van der Waals surface area (Å²) in [5.74, 6) is 1.26. The Labute approximate surface area is 196 Å². The van der Waals surface area contributed by atoms with Crippen molar-refractivity contribution in [2.75, 3.05) is 26.2 Å². The Morgan fingerprint density at radius 1 is 1.25 bits per heavy atom. The molecule has 2 atom stereocenters. The first kappa shape index (κ1) is 24.3. The highest BCUT2D eigenvalue weighted by atomic mass is 32.1. The van der Waals surface area contributed by atoms with Crippen LogP contribution in [0.5, 0.6) is 5.75 Å². The molecule has 2 heterocycles. The van der Waals surface area contributed by atoms with Crippen molar-refractivity contribution in [3.63, 3.8) is 0 Å². The lowest BCUT2D eigenvalue weighted by atomic mass is 10.00. The van der Waals surface area contributed by atoms with Gasteiger partial charge in [0, 0.05) is 24.4 Å². The molecule has 0 bridgehead atoms. The third-order valence-corrected chi connectivity index (χ3v) is 7.35. The summed E-state index contributed by atoms with van der Waals surface area (Å²) in [6.45, 7) is 12.0. The zero-order valence-corrected chi connectivity index (χ0v) is 20.8. The third-order valence-electron chi connectivity index (χ3n) is 6.35. The molecule has 0 radical (unpaired) electrons. The second-order valence-corrected chi connectivity index (χ2v) is 9.87. The Morgan fingerprint density at radius 3 is 2.72 bits per heavy atom. The van der Waals surface area contributed by atoms with E-state index in [1.807, 2.05) is 30.9 Å². The van der Waals surface area contributed by atoms with Gasteiger partial charge in [0.2, 0.25) is 11.8 Å². The van der Waals surface area contributed by atoms with Gasteiger partial charge in [-0.1, -0.05) is 44.9 Å². The van der Waals surface area contributed by atoms with Gasteiger partial charge in [-0.3, -0.25) is 9.59 Å². The third kappa shape index (κ3) is 5.71. The molecule has 1 aromatic carbocycles. The summed E-state index contributed by atoms with van der Waals surface area (Å²) in [6, 6.07) is 8.13. The smallest absolute Gasteiger partial charge is 0.242 e. The molecule has 0 fully saturated rings. The van der Waals surface area contributed by atoms with E-state index in [4.69, 9.17) is 4.74 Å². The monoisotopic (exact) mass is 456 g/mol. The lowest BCUT2D eigenvalue weighted by molar-refractivity contribution is -0.143. The van der Waals surface area contributed by atoms with E-state index in [1.165, 1.54) is 16.0 Å². The Hall–Kier alpha value is -2.34. The van der Waals surface area contributed by atoms with Crippen molar-refractivity contribution in [1.82, 2.24) is 9.80 Å². The normalized spacial score (nSPS) is 16.4. The maximum atomic E-state index is 13.4. The first-order valence-electron chi connectivity index (χ1n) is 11.7. The Bertz CT molecular complexity index is 939. The molecule has 3 rings (SSSR count). The van der Waals surface area contributed by atoms with Gasteiger partial charge < -0.3 is 14.5 Å². The predicted molar refractivity (Wildman–Crippen MR) is 130 cm³/mol. The number of hydrogen-bond donors (Lipinski definition) is 0. The van der Waals surface area contributed by atoms with Crippen LogP contribution in [0.25, 0.3) is 0 Å². The highest BCUT2D eigenvalue weighted by Gasteiger charge is 2.33. The van der Waals surface area contributed by atoms with E-state index >= 15 is 0 Å². The lowest BCUT2D eigenvalue weighted by Crippen LogP contribution is -2.48. The van der Waals surface area contributed by atoms with Crippen molar-refractivity contribution in [3.8, 4) is 5.75 Å². The number of hydrogen-bond acceptors (Lipinski definition) is 4. The lowest BCUT2D eigenvalue weighted by Gasteiger charge is -2.37. The Kier molecular flexibility index (Phi) is 8.35. The highest BCUT2D eigenvalue weighted by molar-refractivity contribution is 7.10. The molecule has 0 N–H and O–H groups in total. The number of rotatable bonds is 9. The van der Waals surface area contributed by atoms with Gasteiger partial charge in [0.05, 0.1) is 12.6 Å². The molecule has 0 saturated carbocycles. The summed E-state index contributed by atoms with van der Waals surface area (Å²) in [6.07, 6.45) is 2.25. The van der Waals surface area contributed by atoms with Crippen LogP contribution in [0.2, 0.25) is 0 Å². The summed E-state index contributed by atoms with van der Waals surface area (Å²) in [5, 5.41) is 2.10. The largest absolute Gasteiger partial charge is 0.491 e. The fraction of sp³-hybridized carbons (Fsp3) is 0.538. The van der Waals surface area contributed by atoms with Gasteiger partial charge in [-0.15, -0.1) is 11.3 Å². The van der Waals surface area contributed by atoms with E-state index in [1.54, 1.807) is 16.2 Å². The maximum absolute atomic E-state index is 13.4. The van der Waals surface area contributed by atoms with Gasteiger partial charge in [-0.2, -0.15) is 0 Å². The maximum Gasteiger partial charge on any atom is 0.242 e. The number of nitrogens with zero attached hydrogens (tertiary/aromatic N) is 2. The van der Waals surface area contributed by atoms with Gasteiger partial charge in [0.1, 0.15) is 12.4 Å². The van der Waals surface area contributed by atoms with Crippen LogP contribution in [0.4, 0.5) is 0 Å². The molecular weight excluding hydrogens is 420 g/mol. The van der Waals surface area contributed by atoms with Crippen LogP contribution in [0.3, 0.4) is 0 Å². The average Bonchev–Trinajstić information content (AvgIpc) is 3.26. The molecule has 6 heteroatoms. The van der Waals surface area contributed by atoms with E-state index < -0.39 is 0 Å². The molecular formula is C26H36N2O3S. The number of carbonyl (C=O) groups is 2. The fourth-order valence-electron chi connectivity index (χ4n) is 4.24. The molecule has 0 unspecified atom stereocenters. The summed E-state index contributed by atoms with van der Waals surface area (Å²) in [5.41, 5.74) is 3.47. The number of fused-ring (bicyclic) bond motifs is 1. The van der Waals surface area contributed by atoms with Crippen molar-refractivity contribution >= 4 is 23.2 Å². The van der Waals surface area contributed by atoms with Crippen molar-refractivity contribution in [1.29, 1.82) is 0 Å². The predicted octanol–water partition coefficient (Wildman–Crippen LogP) is 5.15.